The second-order valence-corrected chi connectivity index (χ2v) is 3.24. The van der Waals surface area contributed by atoms with Crippen LogP contribution in [0.4, 0.5) is 4.39 Å². The highest BCUT2D eigenvalue weighted by Crippen LogP contribution is 2.32. The quantitative estimate of drug-likeness (QED) is 0.484. The Balaban J connectivity index is 2.63. The Morgan fingerprint density at radius 1 is 0.846 bits per heavy atom. The van der Waals surface area contributed by atoms with E-state index in [0.717, 1.165) is 21.9 Å². The summed E-state index contributed by atoms with van der Waals surface area (Å²) in [6.07, 6.45) is 4.05. The van der Waals surface area contributed by atoms with Gasteiger partial charge in [-0.2, -0.15) is 0 Å². The normalized spacial score (nSPS) is 12.7. The molecule has 62 valence electrons. The summed E-state index contributed by atoms with van der Waals surface area (Å²) in [6, 6.07) is 9.07. The number of hydrogen-bond acceptors (Lipinski definition) is 0. The molecule has 0 fully saturated rings. The third-order valence-corrected chi connectivity index (χ3v) is 2.49. The van der Waals surface area contributed by atoms with Gasteiger partial charge in [0.25, 0.3) is 0 Å². The first-order chi connectivity index (χ1) is 6.36. The fourth-order valence-corrected chi connectivity index (χ4v) is 1.88. The average molecular weight is 170 g/mol. The van der Waals surface area contributed by atoms with Gasteiger partial charge in [-0.15, -0.1) is 0 Å². The van der Waals surface area contributed by atoms with Crippen molar-refractivity contribution in [2.75, 3.05) is 0 Å². The largest absolute Gasteiger partial charge is 0.206 e. The van der Waals surface area contributed by atoms with Gasteiger partial charge in [0.15, 0.2) is 0 Å². The Hall–Kier alpha value is -1.63. The molecular formula is C12H7F. The molecule has 13 heavy (non-hydrogen) atoms. The molecule has 1 aliphatic carbocycles. The molecule has 0 unspecified atom stereocenters. The van der Waals surface area contributed by atoms with Crippen molar-refractivity contribution in [3.63, 3.8) is 0 Å². The van der Waals surface area contributed by atoms with E-state index >= 15 is 0 Å². The van der Waals surface area contributed by atoms with E-state index in [1.54, 1.807) is 0 Å². The molecule has 0 spiro atoms. The van der Waals surface area contributed by atoms with Gasteiger partial charge in [0.1, 0.15) is 5.82 Å². The van der Waals surface area contributed by atoms with Gasteiger partial charge in [-0.1, -0.05) is 36.4 Å². The minimum atomic E-state index is -0.135. The minimum Gasteiger partial charge on any atom is -0.206 e. The molecule has 0 saturated heterocycles. The van der Waals surface area contributed by atoms with Gasteiger partial charge in [0.2, 0.25) is 0 Å². The van der Waals surface area contributed by atoms with Crippen molar-refractivity contribution in [2.45, 2.75) is 0 Å². The maximum atomic E-state index is 13.3. The van der Waals surface area contributed by atoms with E-state index in [9.17, 15) is 4.39 Å². The molecule has 0 saturated carbocycles. The Morgan fingerprint density at radius 2 is 1.62 bits per heavy atom. The van der Waals surface area contributed by atoms with Gasteiger partial charge in [0, 0.05) is 5.39 Å². The first-order valence-corrected chi connectivity index (χ1v) is 4.25. The maximum Gasteiger partial charge on any atom is 0.131 e. The molecule has 0 heterocycles. The molecule has 0 N–H and O–H groups in total. The predicted molar refractivity (Wildman–Crippen MR) is 52.8 cm³/mol. The van der Waals surface area contributed by atoms with Gasteiger partial charge in [-0.25, -0.2) is 4.39 Å². The van der Waals surface area contributed by atoms with Crippen LogP contribution in [0.3, 0.4) is 0 Å². The summed E-state index contributed by atoms with van der Waals surface area (Å²) in [5.74, 6) is -0.135. The topological polar surface area (TPSA) is 0 Å². The third-order valence-electron chi connectivity index (χ3n) is 2.49. The standard InChI is InChI=1S/C12H7F/c13-11-7-6-9-5-4-8-2-1-3-10(11)12(8)9/h1-7H. The lowest BCUT2D eigenvalue weighted by atomic mass is 10.0. The molecule has 0 atom stereocenters. The zero-order chi connectivity index (χ0) is 8.84. The molecule has 0 radical (unpaired) electrons. The van der Waals surface area contributed by atoms with Crippen molar-refractivity contribution in [1.82, 2.24) is 0 Å². The van der Waals surface area contributed by atoms with Gasteiger partial charge >= 0.3 is 0 Å². The maximum absolute atomic E-state index is 13.3. The van der Waals surface area contributed by atoms with Gasteiger partial charge in [0.05, 0.1) is 0 Å². The summed E-state index contributed by atoms with van der Waals surface area (Å²) in [4.78, 5) is 0. The molecule has 0 nitrogen and oxygen atoms in total. The smallest absolute Gasteiger partial charge is 0.131 e. The fourth-order valence-electron chi connectivity index (χ4n) is 1.88. The average Bonchev–Trinajstić information content (AvgIpc) is 2.57. The third kappa shape index (κ3) is 0.788. The summed E-state index contributed by atoms with van der Waals surface area (Å²) in [5, 5.41) is 1.77. The van der Waals surface area contributed by atoms with Crippen LogP contribution in [0.1, 0.15) is 11.1 Å². The molecule has 0 aromatic heterocycles. The lowest BCUT2D eigenvalue weighted by Crippen LogP contribution is -1.82. The van der Waals surface area contributed by atoms with Crippen LogP contribution in [-0.2, 0) is 0 Å². The summed E-state index contributed by atoms with van der Waals surface area (Å²) in [6.45, 7) is 0. The fraction of sp³-hybridized carbons (Fsp3) is 0. The number of hydrogen-bond donors (Lipinski definition) is 0. The minimum absolute atomic E-state index is 0.135. The van der Waals surface area contributed by atoms with E-state index in [0.29, 0.717) is 0 Å². The van der Waals surface area contributed by atoms with E-state index in [2.05, 4.69) is 0 Å². The van der Waals surface area contributed by atoms with Crippen molar-refractivity contribution >= 4 is 22.9 Å². The molecule has 0 bridgehead atoms. The van der Waals surface area contributed by atoms with E-state index in [1.165, 1.54) is 6.07 Å². The van der Waals surface area contributed by atoms with Crippen molar-refractivity contribution in [1.29, 1.82) is 0 Å². The highest BCUT2D eigenvalue weighted by molar-refractivity contribution is 6.04. The van der Waals surface area contributed by atoms with Crippen LogP contribution in [0.15, 0.2) is 30.3 Å². The van der Waals surface area contributed by atoms with E-state index in [-0.39, 0.29) is 5.82 Å². The van der Waals surface area contributed by atoms with Crippen LogP contribution in [0.25, 0.3) is 22.9 Å². The van der Waals surface area contributed by atoms with Crippen LogP contribution >= 0.6 is 0 Å². The first-order valence-electron chi connectivity index (χ1n) is 4.25. The van der Waals surface area contributed by atoms with Crippen LogP contribution in [0.5, 0.6) is 0 Å². The monoisotopic (exact) mass is 170 g/mol. The molecule has 0 amide bonds. The predicted octanol–water partition coefficient (Wildman–Crippen LogP) is 3.46. The summed E-state index contributed by atoms with van der Waals surface area (Å²) in [5.41, 5.74) is 2.24. The Bertz CT molecular complexity index is 512. The Morgan fingerprint density at radius 3 is 2.46 bits per heavy atom. The van der Waals surface area contributed by atoms with Crippen molar-refractivity contribution in [2.24, 2.45) is 0 Å². The lowest BCUT2D eigenvalue weighted by molar-refractivity contribution is 0.640. The Labute approximate surface area is 75.3 Å². The second-order valence-electron chi connectivity index (χ2n) is 3.24. The first kappa shape index (κ1) is 6.84. The van der Waals surface area contributed by atoms with Crippen LogP contribution in [0.2, 0.25) is 0 Å². The molecule has 3 rings (SSSR count). The molecule has 1 aliphatic rings. The van der Waals surface area contributed by atoms with Gasteiger partial charge in [-0.05, 0) is 22.6 Å². The van der Waals surface area contributed by atoms with E-state index < -0.39 is 0 Å². The van der Waals surface area contributed by atoms with Gasteiger partial charge in [-0.3, -0.25) is 0 Å². The number of benzene rings is 2. The summed E-state index contributed by atoms with van der Waals surface area (Å²) in [7, 11) is 0. The number of rotatable bonds is 0. The molecular weight excluding hydrogens is 163 g/mol. The number of halogens is 1. The van der Waals surface area contributed by atoms with E-state index in [4.69, 9.17) is 0 Å². The second kappa shape index (κ2) is 2.19. The molecule has 0 aliphatic heterocycles. The highest BCUT2D eigenvalue weighted by atomic mass is 19.1. The summed E-state index contributed by atoms with van der Waals surface area (Å²) >= 11 is 0. The Kier molecular flexibility index (Phi) is 1.15. The van der Waals surface area contributed by atoms with Crippen molar-refractivity contribution in [3.8, 4) is 0 Å². The summed E-state index contributed by atoms with van der Waals surface area (Å²) < 4.78 is 13.3. The molecule has 2 aromatic carbocycles. The molecule has 1 heteroatoms. The van der Waals surface area contributed by atoms with E-state index in [1.807, 2.05) is 36.4 Å². The highest BCUT2D eigenvalue weighted by Gasteiger charge is 2.10. The SMILES string of the molecule is Fc1ccc2c3c(cccc13)C=C2. The van der Waals surface area contributed by atoms with Crippen molar-refractivity contribution < 1.29 is 4.39 Å². The molecule has 2 aromatic rings. The van der Waals surface area contributed by atoms with Gasteiger partial charge < -0.3 is 0 Å². The van der Waals surface area contributed by atoms with Crippen molar-refractivity contribution in [3.05, 3.63) is 47.3 Å². The zero-order valence-electron chi connectivity index (χ0n) is 6.92. The van der Waals surface area contributed by atoms with Crippen LogP contribution in [0, 0.1) is 5.82 Å². The van der Waals surface area contributed by atoms with Crippen LogP contribution < -0.4 is 0 Å². The van der Waals surface area contributed by atoms with Crippen LogP contribution in [-0.4, -0.2) is 0 Å². The zero-order valence-corrected chi connectivity index (χ0v) is 6.92. The lowest BCUT2D eigenvalue weighted by Gasteiger charge is -2.01.